The fourth-order valence-electron chi connectivity index (χ4n) is 2.81. The minimum absolute atomic E-state index is 0.396. The fourth-order valence-corrected chi connectivity index (χ4v) is 3.80. The summed E-state index contributed by atoms with van der Waals surface area (Å²) in [5, 5.41) is 2.93. The van der Waals surface area contributed by atoms with Gasteiger partial charge in [0.1, 0.15) is 15.5 Å². The summed E-state index contributed by atoms with van der Waals surface area (Å²) in [6, 6.07) is 2.07. The summed E-state index contributed by atoms with van der Waals surface area (Å²) in [4.78, 5) is 17.5. The van der Waals surface area contributed by atoms with E-state index in [1.807, 2.05) is 0 Å². The van der Waals surface area contributed by atoms with Gasteiger partial charge in [0.25, 0.3) is 5.91 Å². The average molecular weight is 331 g/mol. The standard InChI is InChI=1S/C16H21N5OS/c1-2-6-10-9-11(21-8-5-3-4-7-19-21)20-16-12(10)13(17)14(23-16)15(18)22/h3-4,9,19H,2,5-8,17H2,1H3,(H2,18,22). The van der Waals surface area contributed by atoms with E-state index in [1.54, 1.807) is 0 Å². The quantitative estimate of drug-likeness (QED) is 0.746. The van der Waals surface area contributed by atoms with E-state index in [-0.39, 0.29) is 0 Å². The molecule has 5 N–H and O–H groups in total. The average Bonchev–Trinajstić information content (AvgIpc) is 2.72. The van der Waals surface area contributed by atoms with Crippen molar-refractivity contribution >= 4 is 39.0 Å². The van der Waals surface area contributed by atoms with Crippen molar-refractivity contribution in [3.05, 3.63) is 28.7 Å². The van der Waals surface area contributed by atoms with E-state index in [4.69, 9.17) is 16.5 Å². The van der Waals surface area contributed by atoms with Gasteiger partial charge in [-0.15, -0.1) is 11.3 Å². The van der Waals surface area contributed by atoms with Crippen molar-refractivity contribution in [1.29, 1.82) is 0 Å². The number of hydrogen-bond acceptors (Lipinski definition) is 6. The molecule has 0 spiro atoms. The lowest BCUT2D eigenvalue weighted by atomic mass is 10.1. The Morgan fingerprint density at radius 2 is 2.30 bits per heavy atom. The smallest absolute Gasteiger partial charge is 0.260 e. The summed E-state index contributed by atoms with van der Waals surface area (Å²) in [5.41, 5.74) is 16.5. The molecule has 0 fully saturated rings. The van der Waals surface area contributed by atoms with Crippen LogP contribution in [0.1, 0.15) is 35.0 Å². The minimum atomic E-state index is -0.494. The Bertz CT molecular complexity index is 757. The van der Waals surface area contributed by atoms with Gasteiger partial charge >= 0.3 is 0 Å². The molecule has 23 heavy (non-hydrogen) atoms. The van der Waals surface area contributed by atoms with Gasteiger partial charge in [0.05, 0.1) is 5.69 Å². The molecule has 0 atom stereocenters. The number of fused-ring (bicyclic) bond motifs is 1. The molecule has 0 saturated carbocycles. The molecule has 1 aliphatic rings. The van der Waals surface area contributed by atoms with E-state index in [2.05, 4.69) is 35.6 Å². The first-order valence-electron chi connectivity index (χ1n) is 7.79. The lowest BCUT2D eigenvalue weighted by Gasteiger charge is -2.23. The molecule has 3 rings (SSSR count). The van der Waals surface area contributed by atoms with Gasteiger partial charge in [-0.1, -0.05) is 25.5 Å². The van der Waals surface area contributed by atoms with Gasteiger partial charge in [0.15, 0.2) is 0 Å². The maximum absolute atomic E-state index is 11.6. The van der Waals surface area contributed by atoms with Crippen LogP contribution in [0.4, 0.5) is 11.5 Å². The largest absolute Gasteiger partial charge is 0.397 e. The first kappa shape index (κ1) is 15.8. The predicted octanol–water partition coefficient (Wildman–Crippen LogP) is 2.20. The third-order valence-electron chi connectivity index (χ3n) is 3.87. The maximum atomic E-state index is 11.6. The third-order valence-corrected chi connectivity index (χ3v) is 4.99. The van der Waals surface area contributed by atoms with Crippen LogP contribution in [0.25, 0.3) is 10.2 Å². The highest BCUT2D eigenvalue weighted by Gasteiger charge is 2.20. The Balaban J connectivity index is 2.11. The minimum Gasteiger partial charge on any atom is -0.397 e. The number of primary amides is 1. The second-order valence-corrected chi connectivity index (χ2v) is 6.55. The highest BCUT2D eigenvalue weighted by molar-refractivity contribution is 7.21. The summed E-state index contributed by atoms with van der Waals surface area (Å²) in [7, 11) is 0. The summed E-state index contributed by atoms with van der Waals surface area (Å²) in [6.45, 7) is 3.75. The number of carbonyl (C=O) groups excluding carboxylic acids is 1. The van der Waals surface area contributed by atoms with Crippen molar-refractivity contribution < 1.29 is 4.79 Å². The van der Waals surface area contributed by atoms with E-state index in [1.165, 1.54) is 11.3 Å². The van der Waals surface area contributed by atoms with E-state index in [0.29, 0.717) is 10.6 Å². The van der Waals surface area contributed by atoms with Gasteiger partial charge in [-0.3, -0.25) is 9.80 Å². The normalized spacial score (nSPS) is 15.1. The lowest BCUT2D eigenvalue weighted by molar-refractivity contribution is 0.100. The van der Waals surface area contributed by atoms with Gasteiger partial charge in [-0.25, -0.2) is 10.4 Å². The Labute approximate surface area is 139 Å². The van der Waals surface area contributed by atoms with Crippen LogP contribution in [0.2, 0.25) is 0 Å². The molecule has 122 valence electrons. The zero-order valence-electron chi connectivity index (χ0n) is 13.1. The van der Waals surface area contributed by atoms with Crippen LogP contribution in [-0.2, 0) is 6.42 Å². The lowest BCUT2D eigenvalue weighted by Crippen LogP contribution is -2.38. The Hall–Kier alpha value is -2.12. The van der Waals surface area contributed by atoms with E-state index < -0.39 is 5.91 Å². The van der Waals surface area contributed by atoms with Crippen molar-refractivity contribution in [2.45, 2.75) is 26.2 Å². The van der Waals surface area contributed by atoms with E-state index in [9.17, 15) is 4.79 Å². The number of amides is 1. The number of nitrogens with two attached hydrogens (primary N) is 2. The van der Waals surface area contributed by atoms with Crippen molar-refractivity contribution in [2.24, 2.45) is 5.73 Å². The molecule has 0 unspecified atom stereocenters. The third kappa shape index (κ3) is 3.02. The molecule has 2 aromatic rings. The molecule has 0 aromatic carbocycles. The Morgan fingerprint density at radius 1 is 1.48 bits per heavy atom. The monoisotopic (exact) mass is 331 g/mol. The Kier molecular flexibility index (Phi) is 4.49. The number of aryl methyl sites for hydroxylation is 1. The number of carbonyl (C=O) groups is 1. The summed E-state index contributed by atoms with van der Waals surface area (Å²) >= 11 is 1.27. The first-order valence-corrected chi connectivity index (χ1v) is 8.61. The molecule has 0 saturated heterocycles. The SMILES string of the molecule is CCCc1cc(N2CCC=CCN2)nc2sc(C(N)=O)c(N)c12. The van der Waals surface area contributed by atoms with Gasteiger partial charge < -0.3 is 11.5 Å². The number of nitrogens with zero attached hydrogens (tertiary/aromatic N) is 2. The highest BCUT2D eigenvalue weighted by atomic mass is 32.1. The number of thiophene rings is 1. The summed E-state index contributed by atoms with van der Waals surface area (Å²) < 4.78 is 0. The number of anilines is 2. The van der Waals surface area contributed by atoms with Crippen LogP contribution in [0, 0.1) is 0 Å². The van der Waals surface area contributed by atoms with Crippen LogP contribution in [0.5, 0.6) is 0 Å². The van der Waals surface area contributed by atoms with E-state index in [0.717, 1.165) is 53.9 Å². The van der Waals surface area contributed by atoms with Crippen molar-refractivity contribution in [3.8, 4) is 0 Å². The van der Waals surface area contributed by atoms with E-state index >= 15 is 0 Å². The van der Waals surface area contributed by atoms with Crippen molar-refractivity contribution in [1.82, 2.24) is 10.4 Å². The zero-order chi connectivity index (χ0) is 16.4. The number of nitrogen functional groups attached to an aromatic ring is 1. The second-order valence-electron chi connectivity index (χ2n) is 5.55. The molecule has 0 radical (unpaired) electrons. The second kappa shape index (κ2) is 6.55. The molecule has 0 aliphatic carbocycles. The number of nitrogens with one attached hydrogen (secondary N) is 1. The molecule has 2 aromatic heterocycles. The summed E-state index contributed by atoms with van der Waals surface area (Å²) in [6.07, 6.45) is 7.12. The van der Waals surface area contributed by atoms with Gasteiger partial charge in [0, 0.05) is 18.5 Å². The Morgan fingerprint density at radius 3 is 3.04 bits per heavy atom. The molecular formula is C16H21N5OS. The van der Waals surface area contributed by atoms with Gasteiger partial charge in [-0.05, 0) is 24.5 Å². The van der Waals surface area contributed by atoms with Gasteiger partial charge in [-0.2, -0.15) is 0 Å². The van der Waals surface area contributed by atoms with Crippen molar-refractivity contribution in [2.75, 3.05) is 23.8 Å². The topological polar surface area (TPSA) is 97.3 Å². The highest BCUT2D eigenvalue weighted by Crippen LogP contribution is 2.37. The number of hydrogen-bond donors (Lipinski definition) is 3. The molecule has 7 heteroatoms. The molecule has 1 aliphatic heterocycles. The van der Waals surface area contributed by atoms with Crippen LogP contribution < -0.4 is 21.9 Å². The number of hydrazine groups is 1. The van der Waals surface area contributed by atoms with Crippen LogP contribution in [0.3, 0.4) is 0 Å². The van der Waals surface area contributed by atoms with Crippen molar-refractivity contribution in [3.63, 3.8) is 0 Å². The van der Waals surface area contributed by atoms with Crippen LogP contribution in [-0.4, -0.2) is 24.0 Å². The maximum Gasteiger partial charge on any atom is 0.260 e. The zero-order valence-corrected chi connectivity index (χ0v) is 13.9. The fraction of sp³-hybridized carbons (Fsp3) is 0.375. The number of pyridine rings is 1. The molecule has 6 nitrogen and oxygen atoms in total. The van der Waals surface area contributed by atoms with Crippen LogP contribution >= 0.6 is 11.3 Å². The first-order chi connectivity index (χ1) is 11.1. The number of aromatic nitrogens is 1. The summed E-state index contributed by atoms with van der Waals surface area (Å²) in [5.74, 6) is 0.369. The molecule has 3 heterocycles. The number of rotatable bonds is 4. The molecular weight excluding hydrogens is 310 g/mol. The van der Waals surface area contributed by atoms with Crippen LogP contribution in [0.15, 0.2) is 18.2 Å². The molecule has 1 amide bonds. The van der Waals surface area contributed by atoms with Gasteiger partial charge in [0.2, 0.25) is 0 Å². The molecule has 0 bridgehead atoms. The predicted molar refractivity (Wildman–Crippen MR) is 95.7 cm³/mol.